The monoisotopic (exact) mass is 256 g/mol. The number of rotatable bonds is 7. The van der Waals surface area contributed by atoms with Crippen LogP contribution >= 0.6 is 11.3 Å². The van der Waals surface area contributed by atoms with E-state index in [-0.39, 0.29) is 5.92 Å². The quantitative estimate of drug-likeness (QED) is 0.785. The smallest absolute Gasteiger partial charge is 0.307 e. The number of carboxylic acids is 1. The predicted octanol–water partition coefficient (Wildman–Crippen LogP) is 2.29. The lowest BCUT2D eigenvalue weighted by Crippen LogP contribution is -2.29. The maximum atomic E-state index is 11.0. The van der Waals surface area contributed by atoms with E-state index >= 15 is 0 Å². The van der Waals surface area contributed by atoms with Gasteiger partial charge in [0.2, 0.25) is 0 Å². The number of hydrogen-bond donors (Lipinski definition) is 2. The van der Waals surface area contributed by atoms with Gasteiger partial charge in [0.15, 0.2) is 0 Å². The second-order valence-electron chi connectivity index (χ2n) is 4.66. The summed E-state index contributed by atoms with van der Waals surface area (Å²) in [6.45, 7) is 7.26. The van der Waals surface area contributed by atoms with Gasteiger partial charge in [-0.15, -0.1) is 11.3 Å². The first-order valence-electron chi connectivity index (χ1n) is 5.84. The highest BCUT2D eigenvalue weighted by Gasteiger charge is 2.18. The molecule has 0 amide bonds. The highest BCUT2D eigenvalue weighted by atomic mass is 32.1. The molecule has 1 unspecified atom stereocenters. The Hall–Kier alpha value is -0.940. The van der Waals surface area contributed by atoms with E-state index in [4.69, 9.17) is 5.11 Å². The number of aliphatic carboxylic acids is 1. The molecule has 0 aliphatic rings. The van der Waals surface area contributed by atoms with E-state index in [0.29, 0.717) is 25.4 Å². The van der Waals surface area contributed by atoms with Gasteiger partial charge in [0.1, 0.15) is 5.01 Å². The fourth-order valence-electron chi connectivity index (χ4n) is 1.68. The van der Waals surface area contributed by atoms with Gasteiger partial charge in [0.25, 0.3) is 0 Å². The topological polar surface area (TPSA) is 62.2 Å². The summed E-state index contributed by atoms with van der Waals surface area (Å²) in [6, 6.07) is 0. The number of thiazole rings is 1. The van der Waals surface area contributed by atoms with Crippen molar-refractivity contribution in [3.63, 3.8) is 0 Å². The lowest BCUT2D eigenvalue weighted by Gasteiger charge is -2.14. The third kappa shape index (κ3) is 5.28. The highest BCUT2D eigenvalue weighted by Crippen LogP contribution is 2.13. The van der Waals surface area contributed by atoms with Gasteiger partial charge >= 0.3 is 5.97 Å². The molecule has 2 N–H and O–H groups in total. The summed E-state index contributed by atoms with van der Waals surface area (Å²) >= 11 is 1.64. The van der Waals surface area contributed by atoms with Crippen LogP contribution in [-0.4, -0.2) is 22.6 Å². The van der Waals surface area contributed by atoms with Crippen LogP contribution in [-0.2, 0) is 11.3 Å². The Balaban J connectivity index is 2.34. The first-order valence-corrected chi connectivity index (χ1v) is 6.65. The molecule has 0 radical (unpaired) electrons. The zero-order valence-corrected chi connectivity index (χ0v) is 11.4. The summed E-state index contributed by atoms with van der Waals surface area (Å²) in [7, 11) is 0. The standard InChI is InChI=1S/C12H20N2O2S/c1-8(2)4-10(12(15)16)6-13-7-11-14-5-9(3)17-11/h5,8,10,13H,4,6-7H2,1-3H3,(H,15,16). The third-order valence-corrected chi connectivity index (χ3v) is 3.35. The van der Waals surface area contributed by atoms with Crippen molar-refractivity contribution < 1.29 is 9.90 Å². The SMILES string of the molecule is Cc1cnc(CNCC(CC(C)C)C(=O)O)s1. The number of nitrogens with zero attached hydrogens (tertiary/aromatic N) is 1. The Morgan fingerprint density at radius 2 is 2.29 bits per heavy atom. The summed E-state index contributed by atoms with van der Waals surface area (Å²) in [5.74, 6) is -0.627. The molecule has 1 aromatic rings. The van der Waals surface area contributed by atoms with Gasteiger partial charge in [-0.3, -0.25) is 4.79 Å². The molecule has 0 fully saturated rings. The molecule has 1 rings (SSSR count). The number of nitrogens with one attached hydrogen (secondary N) is 1. The lowest BCUT2D eigenvalue weighted by atomic mass is 9.97. The fourth-order valence-corrected chi connectivity index (χ4v) is 2.43. The largest absolute Gasteiger partial charge is 0.481 e. The Morgan fingerprint density at radius 1 is 1.59 bits per heavy atom. The van der Waals surface area contributed by atoms with Crippen molar-refractivity contribution in [2.24, 2.45) is 11.8 Å². The molecule has 17 heavy (non-hydrogen) atoms. The van der Waals surface area contributed by atoms with Crippen LogP contribution in [0, 0.1) is 18.8 Å². The molecule has 0 saturated heterocycles. The minimum absolute atomic E-state index is 0.309. The number of carboxylic acid groups (broad SMARTS) is 1. The van der Waals surface area contributed by atoms with E-state index < -0.39 is 5.97 Å². The van der Waals surface area contributed by atoms with E-state index in [0.717, 1.165) is 5.01 Å². The average molecular weight is 256 g/mol. The van der Waals surface area contributed by atoms with Crippen LogP contribution in [0.15, 0.2) is 6.20 Å². The van der Waals surface area contributed by atoms with E-state index in [1.54, 1.807) is 11.3 Å². The number of hydrogen-bond acceptors (Lipinski definition) is 4. The maximum absolute atomic E-state index is 11.0. The van der Waals surface area contributed by atoms with Crippen LogP contribution in [0.25, 0.3) is 0 Å². The molecule has 5 heteroatoms. The van der Waals surface area contributed by atoms with Crippen LogP contribution in [0.2, 0.25) is 0 Å². The van der Waals surface area contributed by atoms with Gasteiger partial charge < -0.3 is 10.4 Å². The van der Waals surface area contributed by atoms with Crippen LogP contribution in [0.3, 0.4) is 0 Å². The van der Waals surface area contributed by atoms with E-state index in [1.165, 1.54) is 4.88 Å². The van der Waals surface area contributed by atoms with Gasteiger partial charge in [-0.05, 0) is 19.3 Å². The highest BCUT2D eigenvalue weighted by molar-refractivity contribution is 7.11. The Bertz CT molecular complexity index is 363. The van der Waals surface area contributed by atoms with Crippen molar-refractivity contribution in [2.45, 2.75) is 33.7 Å². The van der Waals surface area contributed by atoms with E-state index in [9.17, 15) is 4.79 Å². The Morgan fingerprint density at radius 3 is 2.76 bits per heavy atom. The van der Waals surface area contributed by atoms with E-state index in [2.05, 4.69) is 10.3 Å². The average Bonchev–Trinajstić information content (AvgIpc) is 2.62. The van der Waals surface area contributed by atoms with Crippen molar-refractivity contribution in [1.82, 2.24) is 10.3 Å². The molecule has 1 atom stereocenters. The molecular formula is C12H20N2O2S. The maximum Gasteiger partial charge on any atom is 0.307 e. The molecule has 0 bridgehead atoms. The minimum Gasteiger partial charge on any atom is -0.481 e. The van der Waals surface area contributed by atoms with Crippen molar-refractivity contribution in [3.05, 3.63) is 16.1 Å². The van der Waals surface area contributed by atoms with Crippen molar-refractivity contribution in [3.8, 4) is 0 Å². The molecular weight excluding hydrogens is 236 g/mol. The van der Waals surface area contributed by atoms with Gasteiger partial charge in [-0.2, -0.15) is 0 Å². The van der Waals surface area contributed by atoms with Gasteiger partial charge in [0, 0.05) is 24.2 Å². The second kappa shape index (κ2) is 6.71. The van der Waals surface area contributed by atoms with Crippen molar-refractivity contribution in [2.75, 3.05) is 6.54 Å². The molecule has 0 spiro atoms. The summed E-state index contributed by atoms with van der Waals surface area (Å²) in [6.07, 6.45) is 2.55. The molecule has 1 aromatic heterocycles. The second-order valence-corrected chi connectivity index (χ2v) is 5.98. The van der Waals surface area contributed by atoms with Crippen LogP contribution < -0.4 is 5.32 Å². The molecule has 96 valence electrons. The molecule has 0 aliphatic carbocycles. The van der Waals surface area contributed by atoms with Crippen LogP contribution in [0.1, 0.15) is 30.2 Å². The molecule has 0 saturated carbocycles. The normalized spacial score (nSPS) is 12.9. The number of aryl methyl sites for hydroxylation is 1. The van der Waals surface area contributed by atoms with Crippen molar-refractivity contribution in [1.29, 1.82) is 0 Å². The van der Waals surface area contributed by atoms with Gasteiger partial charge in [-0.25, -0.2) is 4.98 Å². The van der Waals surface area contributed by atoms with Crippen LogP contribution in [0.5, 0.6) is 0 Å². The number of carbonyl (C=O) groups is 1. The third-order valence-electron chi connectivity index (χ3n) is 2.44. The predicted molar refractivity (Wildman–Crippen MR) is 69.1 cm³/mol. The Labute approximate surface area is 106 Å². The van der Waals surface area contributed by atoms with Crippen molar-refractivity contribution >= 4 is 17.3 Å². The zero-order chi connectivity index (χ0) is 12.8. The molecule has 4 nitrogen and oxygen atoms in total. The molecule has 0 aromatic carbocycles. The minimum atomic E-state index is -0.721. The first kappa shape index (κ1) is 14.1. The van der Waals surface area contributed by atoms with Gasteiger partial charge in [0.05, 0.1) is 5.92 Å². The summed E-state index contributed by atoms with van der Waals surface area (Å²) in [5, 5.41) is 13.2. The number of aromatic nitrogens is 1. The summed E-state index contributed by atoms with van der Waals surface area (Å²) < 4.78 is 0. The lowest BCUT2D eigenvalue weighted by molar-refractivity contribution is -0.142. The molecule has 0 aliphatic heterocycles. The van der Waals surface area contributed by atoms with Gasteiger partial charge in [-0.1, -0.05) is 13.8 Å². The fraction of sp³-hybridized carbons (Fsp3) is 0.667. The zero-order valence-electron chi connectivity index (χ0n) is 10.6. The van der Waals surface area contributed by atoms with E-state index in [1.807, 2.05) is 27.0 Å². The molecule has 1 heterocycles. The summed E-state index contributed by atoms with van der Waals surface area (Å²) in [4.78, 5) is 16.4. The van der Waals surface area contributed by atoms with Crippen LogP contribution in [0.4, 0.5) is 0 Å². The Kier molecular flexibility index (Phi) is 5.58. The first-order chi connectivity index (χ1) is 7.99. The summed E-state index contributed by atoms with van der Waals surface area (Å²) in [5.41, 5.74) is 0.